The quantitative estimate of drug-likeness (QED) is 0.909. The van der Waals surface area contributed by atoms with Gasteiger partial charge in [0, 0.05) is 28.8 Å². The molecule has 0 aliphatic heterocycles. The Morgan fingerprint density at radius 1 is 1.33 bits per heavy atom. The van der Waals surface area contributed by atoms with Gasteiger partial charge in [0.25, 0.3) is 0 Å². The summed E-state index contributed by atoms with van der Waals surface area (Å²) in [6.07, 6.45) is 2.31. The minimum Gasteiger partial charge on any atom is -0.489 e. The first kappa shape index (κ1) is 15.7. The molecule has 3 nitrogen and oxygen atoms in total. The molecule has 21 heavy (non-hydrogen) atoms. The second kappa shape index (κ2) is 6.87. The van der Waals surface area contributed by atoms with E-state index in [2.05, 4.69) is 4.98 Å². The fraction of sp³-hybridized carbons (Fsp3) is 0.312. The molecule has 0 aliphatic carbocycles. The maximum Gasteiger partial charge on any atom is 0.138 e. The van der Waals surface area contributed by atoms with Crippen LogP contribution >= 0.6 is 11.6 Å². The Labute approximate surface area is 128 Å². The highest BCUT2D eigenvalue weighted by molar-refractivity contribution is 6.31. The lowest BCUT2D eigenvalue weighted by molar-refractivity contribution is 0.175. The first-order chi connectivity index (χ1) is 9.97. The van der Waals surface area contributed by atoms with Gasteiger partial charge in [0.05, 0.1) is 18.4 Å². The molecule has 5 heteroatoms. The Bertz CT molecular complexity index is 599. The number of nitrogens with zero attached hydrogens (tertiary/aromatic N) is 1. The van der Waals surface area contributed by atoms with Crippen molar-refractivity contribution in [3.63, 3.8) is 0 Å². The summed E-state index contributed by atoms with van der Waals surface area (Å²) in [7, 11) is 0. The van der Waals surface area contributed by atoms with Crippen LogP contribution < -0.4 is 4.74 Å². The van der Waals surface area contributed by atoms with E-state index >= 15 is 0 Å². The Kier molecular flexibility index (Phi) is 5.15. The van der Waals surface area contributed by atoms with Gasteiger partial charge < -0.3 is 9.84 Å². The van der Waals surface area contributed by atoms with Gasteiger partial charge >= 0.3 is 0 Å². The largest absolute Gasteiger partial charge is 0.489 e. The Morgan fingerprint density at radius 3 is 2.76 bits per heavy atom. The smallest absolute Gasteiger partial charge is 0.138 e. The zero-order valence-corrected chi connectivity index (χ0v) is 12.6. The summed E-state index contributed by atoms with van der Waals surface area (Å²) >= 11 is 5.97. The summed E-state index contributed by atoms with van der Waals surface area (Å²) < 4.78 is 19.3. The molecule has 2 rings (SSSR count). The highest BCUT2D eigenvalue weighted by atomic mass is 35.5. The molecule has 1 heterocycles. The summed E-state index contributed by atoms with van der Waals surface area (Å²) in [5, 5.41) is 10.6. The maximum atomic E-state index is 13.7. The van der Waals surface area contributed by atoms with Crippen LogP contribution in [0.5, 0.6) is 5.75 Å². The van der Waals surface area contributed by atoms with Gasteiger partial charge in [-0.15, -0.1) is 0 Å². The summed E-state index contributed by atoms with van der Waals surface area (Å²) in [4.78, 5) is 4.03. The Balaban J connectivity index is 2.18. The molecule has 0 saturated carbocycles. The van der Waals surface area contributed by atoms with Crippen LogP contribution in [-0.2, 0) is 6.42 Å². The predicted molar refractivity (Wildman–Crippen MR) is 80.1 cm³/mol. The number of rotatable bonds is 5. The summed E-state index contributed by atoms with van der Waals surface area (Å²) in [6, 6.07) is 6.16. The molecule has 0 amide bonds. The van der Waals surface area contributed by atoms with E-state index < -0.39 is 11.9 Å². The number of aromatic nitrogens is 1. The summed E-state index contributed by atoms with van der Waals surface area (Å²) in [5.41, 5.74) is 0.856. The molecule has 1 aromatic heterocycles. The molecule has 1 unspecified atom stereocenters. The topological polar surface area (TPSA) is 42.4 Å². The summed E-state index contributed by atoms with van der Waals surface area (Å²) in [6.45, 7) is 3.81. The number of pyridine rings is 1. The van der Waals surface area contributed by atoms with Crippen molar-refractivity contribution in [1.82, 2.24) is 4.98 Å². The van der Waals surface area contributed by atoms with Crippen molar-refractivity contribution in [3.05, 3.63) is 58.6 Å². The third-order valence-corrected chi connectivity index (χ3v) is 3.30. The zero-order chi connectivity index (χ0) is 15.4. The van der Waals surface area contributed by atoms with Gasteiger partial charge in [0.2, 0.25) is 0 Å². The van der Waals surface area contributed by atoms with Crippen molar-refractivity contribution in [3.8, 4) is 5.75 Å². The number of benzene rings is 1. The van der Waals surface area contributed by atoms with Crippen LogP contribution in [0.3, 0.4) is 0 Å². The molecular weight excluding hydrogens is 293 g/mol. The molecule has 0 radical (unpaired) electrons. The fourth-order valence-electron chi connectivity index (χ4n) is 1.99. The zero-order valence-electron chi connectivity index (χ0n) is 11.9. The molecule has 1 N–H and O–H groups in total. The van der Waals surface area contributed by atoms with Crippen LogP contribution in [0.15, 0.2) is 36.7 Å². The molecule has 0 fully saturated rings. The lowest BCUT2D eigenvalue weighted by Crippen LogP contribution is -2.08. The monoisotopic (exact) mass is 309 g/mol. The van der Waals surface area contributed by atoms with E-state index in [4.69, 9.17) is 16.3 Å². The van der Waals surface area contributed by atoms with Crippen LogP contribution in [0, 0.1) is 5.82 Å². The number of hydrogen-bond donors (Lipinski definition) is 1. The number of halogens is 2. The van der Waals surface area contributed by atoms with Crippen molar-refractivity contribution in [2.75, 3.05) is 0 Å². The van der Waals surface area contributed by atoms with E-state index in [1.54, 1.807) is 18.3 Å². The lowest BCUT2D eigenvalue weighted by Gasteiger charge is -2.15. The molecule has 1 atom stereocenters. The van der Waals surface area contributed by atoms with Gasteiger partial charge in [-0.2, -0.15) is 0 Å². The third kappa shape index (κ3) is 4.16. The standard InChI is InChI=1S/C16H17ClFNO2/c1-10(2)21-12-6-11(8-19-9-12)16(20)7-13-14(17)4-3-5-15(13)18/h3-6,8-10,16,20H,7H2,1-2H3. The van der Waals surface area contributed by atoms with Gasteiger partial charge in [0.15, 0.2) is 0 Å². The summed E-state index contributed by atoms with van der Waals surface area (Å²) in [5.74, 6) is 0.144. The van der Waals surface area contributed by atoms with E-state index in [-0.39, 0.29) is 12.5 Å². The van der Waals surface area contributed by atoms with E-state index in [0.717, 1.165) is 0 Å². The van der Waals surface area contributed by atoms with E-state index in [0.29, 0.717) is 21.9 Å². The minimum atomic E-state index is -0.900. The first-order valence-electron chi connectivity index (χ1n) is 6.70. The molecule has 1 aromatic carbocycles. The number of hydrogen-bond acceptors (Lipinski definition) is 3. The predicted octanol–water partition coefficient (Wildman–Crippen LogP) is 3.94. The highest BCUT2D eigenvalue weighted by Crippen LogP contribution is 2.27. The fourth-order valence-corrected chi connectivity index (χ4v) is 2.23. The van der Waals surface area contributed by atoms with Crippen LogP contribution in [0.2, 0.25) is 5.02 Å². The van der Waals surface area contributed by atoms with Crippen molar-refractivity contribution < 1.29 is 14.2 Å². The normalized spacial score (nSPS) is 12.5. The maximum absolute atomic E-state index is 13.7. The second-order valence-electron chi connectivity index (χ2n) is 5.04. The lowest BCUT2D eigenvalue weighted by atomic mass is 10.0. The van der Waals surface area contributed by atoms with E-state index in [1.165, 1.54) is 18.3 Å². The minimum absolute atomic E-state index is 0.0141. The van der Waals surface area contributed by atoms with Crippen molar-refractivity contribution in [2.24, 2.45) is 0 Å². The van der Waals surface area contributed by atoms with Gasteiger partial charge in [0.1, 0.15) is 11.6 Å². The van der Waals surface area contributed by atoms with Crippen molar-refractivity contribution in [2.45, 2.75) is 32.5 Å². The molecule has 0 spiro atoms. The van der Waals surface area contributed by atoms with Gasteiger partial charge in [-0.1, -0.05) is 17.7 Å². The van der Waals surface area contributed by atoms with E-state index in [1.807, 2.05) is 13.8 Å². The van der Waals surface area contributed by atoms with E-state index in [9.17, 15) is 9.50 Å². The van der Waals surface area contributed by atoms with Gasteiger partial charge in [-0.05, 0) is 32.0 Å². The Morgan fingerprint density at radius 2 is 2.10 bits per heavy atom. The molecule has 0 aliphatic rings. The van der Waals surface area contributed by atoms with Crippen LogP contribution in [-0.4, -0.2) is 16.2 Å². The van der Waals surface area contributed by atoms with Crippen molar-refractivity contribution >= 4 is 11.6 Å². The highest BCUT2D eigenvalue weighted by Gasteiger charge is 2.15. The second-order valence-corrected chi connectivity index (χ2v) is 5.45. The van der Waals surface area contributed by atoms with Crippen LogP contribution in [0.1, 0.15) is 31.1 Å². The van der Waals surface area contributed by atoms with Gasteiger partial charge in [-0.3, -0.25) is 4.98 Å². The number of aliphatic hydroxyl groups is 1. The molecule has 0 saturated heterocycles. The molecule has 0 bridgehead atoms. The SMILES string of the molecule is CC(C)Oc1cncc(C(O)Cc2c(F)cccc2Cl)c1. The molecular formula is C16H17ClFNO2. The molecule has 2 aromatic rings. The number of aliphatic hydroxyl groups excluding tert-OH is 1. The van der Waals surface area contributed by atoms with Crippen LogP contribution in [0.25, 0.3) is 0 Å². The van der Waals surface area contributed by atoms with Gasteiger partial charge in [-0.25, -0.2) is 4.39 Å². The first-order valence-corrected chi connectivity index (χ1v) is 7.07. The third-order valence-electron chi connectivity index (χ3n) is 2.95. The number of ether oxygens (including phenoxy) is 1. The van der Waals surface area contributed by atoms with Crippen molar-refractivity contribution in [1.29, 1.82) is 0 Å². The van der Waals surface area contributed by atoms with Crippen LogP contribution in [0.4, 0.5) is 4.39 Å². The molecule has 112 valence electrons. The average Bonchev–Trinajstić information content (AvgIpc) is 2.42. The Hall–Kier alpha value is -1.65. The average molecular weight is 310 g/mol.